The highest BCUT2D eigenvalue weighted by atomic mass is 127. The molecule has 0 bridgehead atoms. The highest BCUT2D eigenvalue weighted by Crippen LogP contribution is 2.39. The van der Waals surface area contributed by atoms with Gasteiger partial charge in [0.25, 0.3) is 0 Å². The van der Waals surface area contributed by atoms with E-state index < -0.39 is 0 Å². The summed E-state index contributed by atoms with van der Waals surface area (Å²) >= 11 is 2.23. The molecule has 0 N–H and O–H groups in total. The van der Waals surface area contributed by atoms with E-state index in [9.17, 15) is 0 Å². The van der Waals surface area contributed by atoms with Crippen LogP contribution in [0.1, 0.15) is 20.8 Å². The zero-order chi connectivity index (χ0) is 7.12. The Morgan fingerprint density at radius 1 is 1.22 bits per heavy atom. The lowest BCUT2D eigenvalue weighted by Gasteiger charge is -2.30. The van der Waals surface area contributed by atoms with Crippen LogP contribution in [0.5, 0.6) is 0 Å². The van der Waals surface area contributed by atoms with Gasteiger partial charge in [-0.1, -0.05) is 0 Å². The molecular formula is C5H9BIO2. The van der Waals surface area contributed by atoms with Crippen molar-refractivity contribution < 1.29 is 9.31 Å². The van der Waals surface area contributed by atoms with Crippen molar-refractivity contribution in [3.05, 3.63) is 0 Å². The summed E-state index contributed by atoms with van der Waals surface area (Å²) < 4.78 is 10.2. The Bertz CT molecular complexity index is 110. The van der Waals surface area contributed by atoms with E-state index in [1.165, 1.54) is 7.69 Å². The van der Waals surface area contributed by atoms with Crippen molar-refractivity contribution in [1.29, 1.82) is 0 Å². The second-order valence-corrected chi connectivity index (χ2v) is 4.82. The van der Waals surface area contributed by atoms with Crippen LogP contribution in [0.25, 0.3) is 0 Å². The van der Waals surface area contributed by atoms with Crippen LogP contribution in [0.3, 0.4) is 0 Å². The second-order valence-electron chi connectivity index (χ2n) is 2.76. The first kappa shape index (κ1) is 7.82. The third-order valence-electron chi connectivity index (χ3n) is 1.69. The van der Waals surface area contributed by atoms with Crippen LogP contribution in [-0.4, -0.2) is 16.9 Å². The molecule has 4 heteroatoms. The average Bonchev–Trinajstić information content (AvgIpc) is 1.81. The number of hydrogen-bond donors (Lipinski definition) is 0. The molecule has 0 unspecified atom stereocenters. The first-order valence-corrected chi connectivity index (χ1v) is 3.90. The molecule has 0 aromatic heterocycles. The highest BCUT2D eigenvalue weighted by molar-refractivity contribution is 14.1. The molecule has 0 aromatic rings. The Balaban J connectivity index is 2.75. The maximum absolute atomic E-state index is 5.20. The van der Waals surface area contributed by atoms with Gasteiger partial charge in [-0.05, 0) is 43.4 Å². The van der Waals surface area contributed by atoms with Crippen LogP contribution in [0.15, 0.2) is 0 Å². The maximum Gasteiger partial charge on any atom is 0.489 e. The van der Waals surface area contributed by atoms with Crippen LogP contribution in [0.4, 0.5) is 0 Å². The van der Waals surface area contributed by atoms with E-state index in [0.29, 0.717) is 0 Å². The Labute approximate surface area is 69.7 Å². The molecule has 51 valence electrons. The van der Waals surface area contributed by atoms with Gasteiger partial charge in [0, 0.05) is 0 Å². The molecule has 1 fully saturated rings. The molecular weight excluding hydrogens is 230 g/mol. The summed E-state index contributed by atoms with van der Waals surface area (Å²) in [6.45, 7) is 6.00. The van der Waals surface area contributed by atoms with Crippen molar-refractivity contribution in [3.8, 4) is 0 Å². The van der Waals surface area contributed by atoms with Gasteiger partial charge in [0.1, 0.15) is 3.61 Å². The largest absolute Gasteiger partial charge is 0.489 e. The van der Waals surface area contributed by atoms with Crippen molar-refractivity contribution >= 4 is 30.3 Å². The molecule has 0 aromatic carbocycles. The van der Waals surface area contributed by atoms with Gasteiger partial charge in [-0.25, -0.2) is 0 Å². The fourth-order valence-corrected chi connectivity index (χ4v) is 0.713. The monoisotopic (exact) mass is 239 g/mol. The lowest BCUT2D eigenvalue weighted by Crippen LogP contribution is -2.38. The summed E-state index contributed by atoms with van der Waals surface area (Å²) in [6.07, 6.45) is 0. The molecule has 1 aliphatic heterocycles. The first-order valence-electron chi connectivity index (χ1n) is 2.82. The van der Waals surface area contributed by atoms with Crippen LogP contribution in [-0.2, 0) is 9.31 Å². The van der Waals surface area contributed by atoms with Gasteiger partial charge in [0.15, 0.2) is 0 Å². The Morgan fingerprint density at radius 3 is 1.89 bits per heavy atom. The number of alkyl halides is 1. The summed E-state index contributed by atoms with van der Waals surface area (Å²) in [7, 11) is 1.41. The zero-order valence-corrected chi connectivity index (χ0v) is 7.93. The van der Waals surface area contributed by atoms with E-state index >= 15 is 0 Å². The molecule has 1 aliphatic rings. The van der Waals surface area contributed by atoms with Crippen LogP contribution in [0, 0.1) is 0 Å². The Kier molecular flexibility index (Phi) is 1.82. The topological polar surface area (TPSA) is 18.5 Å². The molecule has 0 amide bonds. The quantitative estimate of drug-likeness (QED) is 0.362. The zero-order valence-electron chi connectivity index (χ0n) is 5.77. The van der Waals surface area contributed by atoms with Gasteiger partial charge in [0.05, 0.1) is 5.60 Å². The normalized spacial score (nSPS) is 40.4. The molecule has 1 atom stereocenters. The molecule has 9 heavy (non-hydrogen) atoms. The van der Waals surface area contributed by atoms with Crippen LogP contribution < -0.4 is 0 Å². The Hall–Kier alpha value is 0.715. The van der Waals surface area contributed by atoms with Gasteiger partial charge in [-0.2, -0.15) is 0 Å². The number of halogens is 1. The molecule has 1 heterocycles. The SMILES string of the molecule is CC1(C)O[B]O[C@@]1(C)I. The molecule has 1 saturated heterocycles. The number of rotatable bonds is 0. The minimum absolute atomic E-state index is 0.201. The second kappa shape index (κ2) is 2.10. The van der Waals surface area contributed by atoms with Crippen molar-refractivity contribution in [2.45, 2.75) is 30.0 Å². The summed E-state index contributed by atoms with van der Waals surface area (Å²) in [5.41, 5.74) is -0.201. The van der Waals surface area contributed by atoms with Crippen LogP contribution in [0.2, 0.25) is 0 Å². The van der Waals surface area contributed by atoms with Gasteiger partial charge in [-0.3, -0.25) is 0 Å². The van der Waals surface area contributed by atoms with Crippen molar-refractivity contribution in [2.75, 3.05) is 0 Å². The first-order chi connectivity index (χ1) is 3.96. The van der Waals surface area contributed by atoms with Gasteiger partial charge >= 0.3 is 7.69 Å². The fourth-order valence-electron chi connectivity index (χ4n) is 0.482. The van der Waals surface area contributed by atoms with E-state index in [0.717, 1.165) is 0 Å². The molecule has 0 aliphatic carbocycles. The maximum atomic E-state index is 5.20. The lowest BCUT2D eigenvalue weighted by molar-refractivity contribution is 0.0728. The Morgan fingerprint density at radius 2 is 1.78 bits per heavy atom. The molecule has 2 nitrogen and oxygen atoms in total. The van der Waals surface area contributed by atoms with E-state index in [1.807, 2.05) is 20.8 Å². The van der Waals surface area contributed by atoms with Gasteiger partial charge < -0.3 is 9.31 Å². The summed E-state index contributed by atoms with van der Waals surface area (Å²) in [5, 5.41) is 0. The number of hydrogen-bond acceptors (Lipinski definition) is 2. The standard InChI is InChI=1S/C5H9BIO2/c1-4(2)5(3,7)9-6-8-4/h1-3H3/t5-/m1/s1. The molecule has 0 saturated carbocycles. The van der Waals surface area contributed by atoms with Crippen molar-refractivity contribution in [2.24, 2.45) is 0 Å². The van der Waals surface area contributed by atoms with E-state index in [-0.39, 0.29) is 9.21 Å². The van der Waals surface area contributed by atoms with Crippen molar-refractivity contribution in [1.82, 2.24) is 0 Å². The van der Waals surface area contributed by atoms with Crippen molar-refractivity contribution in [3.63, 3.8) is 0 Å². The predicted octanol–water partition coefficient (Wildman–Crippen LogP) is 1.50. The minimum Gasteiger partial charge on any atom is -0.404 e. The van der Waals surface area contributed by atoms with Crippen LogP contribution >= 0.6 is 22.6 Å². The minimum atomic E-state index is -0.218. The van der Waals surface area contributed by atoms with E-state index in [4.69, 9.17) is 9.31 Å². The molecule has 1 rings (SSSR count). The third-order valence-corrected chi connectivity index (χ3v) is 3.24. The van der Waals surface area contributed by atoms with Gasteiger partial charge in [0.2, 0.25) is 0 Å². The third kappa shape index (κ3) is 1.25. The summed E-state index contributed by atoms with van der Waals surface area (Å²) in [4.78, 5) is 0. The highest BCUT2D eigenvalue weighted by Gasteiger charge is 2.46. The average molecular weight is 239 g/mol. The van der Waals surface area contributed by atoms with E-state index in [1.54, 1.807) is 0 Å². The molecule has 1 radical (unpaired) electrons. The van der Waals surface area contributed by atoms with Gasteiger partial charge in [-0.15, -0.1) is 0 Å². The van der Waals surface area contributed by atoms with E-state index in [2.05, 4.69) is 22.6 Å². The summed E-state index contributed by atoms with van der Waals surface area (Å²) in [6, 6.07) is 0. The smallest absolute Gasteiger partial charge is 0.404 e. The summed E-state index contributed by atoms with van der Waals surface area (Å²) in [5.74, 6) is 0. The lowest BCUT2D eigenvalue weighted by atomic mass is 10.0. The predicted molar refractivity (Wildman–Crippen MR) is 44.4 cm³/mol. The molecule has 0 spiro atoms. The fraction of sp³-hybridized carbons (Fsp3) is 1.00.